The van der Waals surface area contributed by atoms with Gasteiger partial charge in [-0.2, -0.15) is 0 Å². The zero-order valence-electron chi connectivity index (χ0n) is 6.89. The van der Waals surface area contributed by atoms with Gasteiger partial charge in [0.05, 0.1) is 11.3 Å². The maximum Gasteiger partial charge on any atom is 0.311 e. The van der Waals surface area contributed by atoms with Gasteiger partial charge >= 0.3 is 5.97 Å². The molecule has 1 atom stereocenters. The summed E-state index contributed by atoms with van der Waals surface area (Å²) in [6, 6.07) is 0. The van der Waals surface area contributed by atoms with Crippen LogP contribution in [0, 0.1) is 5.41 Å². The molecule has 0 aromatic heterocycles. The summed E-state index contributed by atoms with van der Waals surface area (Å²) >= 11 is 5.56. The van der Waals surface area contributed by atoms with Crippen molar-refractivity contribution in [3.63, 3.8) is 0 Å². The van der Waals surface area contributed by atoms with Gasteiger partial charge in [0, 0.05) is 0 Å². The first-order valence-corrected chi connectivity index (χ1v) is 4.37. The van der Waals surface area contributed by atoms with E-state index in [1.807, 2.05) is 13.8 Å². The summed E-state index contributed by atoms with van der Waals surface area (Å²) in [5.74, 6) is 0.302. The second-order valence-corrected chi connectivity index (χ2v) is 3.91. The highest BCUT2D eigenvalue weighted by molar-refractivity contribution is 6.18. The molecule has 1 fully saturated rings. The van der Waals surface area contributed by atoms with Crippen molar-refractivity contribution >= 4 is 17.6 Å². The average Bonchev–Trinajstić information content (AvgIpc) is 1.95. The van der Waals surface area contributed by atoms with Gasteiger partial charge in [-0.05, 0) is 26.7 Å². The van der Waals surface area contributed by atoms with E-state index in [1.54, 1.807) is 0 Å². The number of alkyl halides is 1. The highest BCUT2D eigenvalue weighted by atomic mass is 35.5. The van der Waals surface area contributed by atoms with Crippen LogP contribution in [0.3, 0.4) is 0 Å². The maximum absolute atomic E-state index is 11.2. The number of ether oxygens (including phenoxy) is 1. The number of carbonyl (C=O) groups excluding carboxylic acids is 1. The van der Waals surface area contributed by atoms with Gasteiger partial charge in [0.1, 0.15) is 6.10 Å². The van der Waals surface area contributed by atoms with Crippen molar-refractivity contribution in [2.75, 3.05) is 5.88 Å². The molecular formula is C8H13ClO2. The van der Waals surface area contributed by atoms with Crippen LogP contribution in [0.2, 0.25) is 0 Å². The lowest BCUT2D eigenvalue weighted by Gasteiger charge is -2.31. The predicted molar refractivity (Wildman–Crippen MR) is 43.6 cm³/mol. The minimum Gasteiger partial charge on any atom is -0.461 e. The SMILES string of the molecule is CC1(C)CCC(CCl)OC1=O. The number of cyclic esters (lactones) is 1. The van der Waals surface area contributed by atoms with Crippen molar-refractivity contribution in [1.82, 2.24) is 0 Å². The number of esters is 1. The van der Waals surface area contributed by atoms with Gasteiger partial charge in [0.25, 0.3) is 0 Å². The Labute approximate surface area is 71.9 Å². The Morgan fingerprint density at radius 3 is 2.82 bits per heavy atom. The lowest BCUT2D eigenvalue weighted by molar-refractivity contribution is -0.165. The van der Waals surface area contributed by atoms with E-state index in [2.05, 4.69) is 0 Å². The number of hydrogen-bond acceptors (Lipinski definition) is 2. The van der Waals surface area contributed by atoms with Gasteiger partial charge in [-0.3, -0.25) is 4.79 Å². The Morgan fingerprint density at radius 1 is 1.73 bits per heavy atom. The van der Waals surface area contributed by atoms with Crippen LogP contribution in [0.15, 0.2) is 0 Å². The molecule has 0 N–H and O–H groups in total. The van der Waals surface area contributed by atoms with Crippen molar-refractivity contribution in [3.05, 3.63) is 0 Å². The van der Waals surface area contributed by atoms with Crippen LogP contribution in [0.5, 0.6) is 0 Å². The second kappa shape index (κ2) is 3.02. The molecule has 11 heavy (non-hydrogen) atoms. The zero-order chi connectivity index (χ0) is 8.48. The Hall–Kier alpha value is -0.240. The van der Waals surface area contributed by atoms with Crippen LogP contribution < -0.4 is 0 Å². The summed E-state index contributed by atoms with van der Waals surface area (Å²) in [4.78, 5) is 11.2. The van der Waals surface area contributed by atoms with Crippen molar-refractivity contribution in [1.29, 1.82) is 0 Å². The van der Waals surface area contributed by atoms with Gasteiger partial charge in [-0.15, -0.1) is 11.6 Å². The summed E-state index contributed by atoms with van der Waals surface area (Å²) in [7, 11) is 0. The standard InChI is InChI=1S/C8H13ClO2/c1-8(2)4-3-6(5-9)11-7(8)10/h6H,3-5H2,1-2H3. The van der Waals surface area contributed by atoms with E-state index in [-0.39, 0.29) is 17.5 Å². The van der Waals surface area contributed by atoms with Crippen LogP contribution in [0.25, 0.3) is 0 Å². The molecule has 1 unspecified atom stereocenters. The first kappa shape index (κ1) is 8.85. The predicted octanol–water partition coefficient (Wildman–Crippen LogP) is 1.96. The van der Waals surface area contributed by atoms with Crippen LogP contribution >= 0.6 is 11.6 Å². The van der Waals surface area contributed by atoms with Gasteiger partial charge in [0.2, 0.25) is 0 Å². The topological polar surface area (TPSA) is 26.3 Å². The number of hydrogen-bond donors (Lipinski definition) is 0. The van der Waals surface area contributed by atoms with E-state index >= 15 is 0 Å². The van der Waals surface area contributed by atoms with Crippen LogP contribution in [0.4, 0.5) is 0 Å². The Bertz CT molecular complexity index is 165. The van der Waals surface area contributed by atoms with Crippen LogP contribution in [-0.4, -0.2) is 18.0 Å². The molecule has 0 spiro atoms. The lowest BCUT2D eigenvalue weighted by atomic mass is 9.85. The van der Waals surface area contributed by atoms with E-state index in [1.165, 1.54) is 0 Å². The van der Waals surface area contributed by atoms with Gasteiger partial charge < -0.3 is 4.74 Å². The van der Waals surface area contributed by atoms with Crippen molar-refractivity contribution in [2.45, 2.75) is 32.8 Å². The molecule has 1 heterocycles. The third-order valence-corrected chi connectivity index (χ3v) is 2.43. The number of carbonyl (C=O) groups is 1. The average molecular weight is 177 g/mol. The van der Waals surface area contributed by atoms with E-state index in [4.69, 9.17) is 16.3 Å². The summed E-state index contributed by atoms with van der Waals surface area (Å²) in [5, 5.41) is 0. The van der Waals surface area contributed by atoms with Crippen LogP contribution in [0.1, 0.15) is 26.7 Å². The first-order chi connectivity index (χ1) is 5.06. The first-order valence-electron chi connectivity index (χ1n) is 3.83. The molecule has 0 aromatic rings. The molecule has 0 aromatic carbocycles. The molecule has 64 valence electrons. The molecule has 0 aliphatic carbocycles. The molecule has 3 heteroatoms. The van der Waals surface area contributed by atoms with Gasteiger partial charge in [-0.25, -0.2) is 0 Å². The molecule has 1 aliphatic rings. The number of rotatable bonds is 1. The monoisotopic (exact) mass is 176 g/mol. The molecular weight excluding hydrogens is 164 g/mol. The van der Waals surface area contributed by atoms with Gasteiger partial charge in [0.15, 0.2) is 0 Å². The molecule has 0 amide bonds. The second-order valence-electron chi connectivity index (χ2n) is 3.60. The largest absolute Gasteiger partial charge is 0.461 e. The normalized spacial score (nSPS) is 29.7. The van der Waals surface area contributed by atoms with E-state index in [0.29, 0.717) is 5.88 Å². The fourth-order valence-electron chi connectivity index (χ4n) is 1.10. The van der Waals surface area contributed by atoms with E-state index in [0.717, 1.165) is 12.8 Å². The summed E-state index contributed by atoms with van der Waals surface area (Å²) in [5.41, 5.74) is -0.303. The zero-order valence-corrected chi connectivity index (χ0v) is 7.65. The van der Waals surface area contributed by atoms with Crippen molar-refractivity contribution < 1.29 is 9.53 Å². The van der Waals surface area contributed by atoms with Crippen molar-refractivity contribution in [2.24, 2.45) is 5.41 Å². The summed E-state index contributed by atoms with van der Waals surface area (Å²) in [6.45, 7) is 3.81. The van der Waals surface area contributed by atoms with E-state index in [9.17, 15) is 4.79 Å². The smallest absolute Gasteiger partial charge is 0.311 e. The third kappa shape index (κ3) is 1.86. The molecule has 1 aliphatic heterocycles. The number of halogens is 1. The molecule has 1 saturated heterocycles. The summed E-state index contributed by atoms with van der Waals surface area (Å²) < 4.78 is 5.08. The van der Waals surface area contributed by atoms with Gasteiger partial charge in [-0.1, -0.05) is 0 Å². The fraction of sp³-hybridized carbons (Fsp3) is 0.875. The third-order valence-electron chi connectivity index (χ3n) is 2.09. The Morgan fingerprint density at radius 2 is 2.36 bits per heavy atom. The van der Waals surface area contributed by atoms with E-state index < -0.39 is 0 Å². The maximum atomic E-state index is 11.2. The highest BCUT2D eigenvalue weighted by Crippen LogP contribution is 2.31. The molecule has 0 saturated carbocycles. The lowest BCUT2D eigenvalue weighted by Crippen LogP contribution is -2.37. The summed E-state index contributed by atoms with van der Waals surface area (Å²) in [6.07, 6.45) is 1.71. The molecule has 1 rings (SSSR count). The quantitative estimate of drug-likeness (QED) is 0.451. The Balaban J connectivity index is 2.55. The van der Waals surface area contributed by atoms with Crippen molar-refractivity contribution in [3.8, 4) is 0 Å². The fourth-order valence-corrected chi connectivity index (χ4v) is 1.32. The Kier molecular flexibility index (Phi) is 2.43. The molecule has 0 bridgehead atoms. The van der Waals surface area contributed by atoms with Crippen LogP contribution in [-0.2, 0) is 9.53 Å². The minimum atomic E-state index is -0.303. The molecule has 0 radical (unpaired) electrons. The highest BCUT2D eigenvalue weighted by Gasteiger charge is 2.36. The molecule has 2 nitrogen and oxygen atoms in total. The minimum absolute atomic E-state index is 0.0582.